The number of carboxylic acids is 1. The Balaban J connectivity index is 3.04. The minimum Gasteiger partial charge on any atom is -0.480 e. The Morgan fingerprint density at radius 1 is 1.37 bits per heavy atom. The van der Waals surface area contributed by atoms with Gasteiger partial charge in [0.25, 0.3) is 5.56 Å². The monoisotopic (exact) mass is 266 g/mol. The van der Waals surface area contributed by atoms with Gasteiger partial charge in [0.1, 0.15) is 11.4 Å². The number of aliphatic carboxylic acids is 1. The lowest BCUT2D eigenvalue weighted by Crippen LogP contribution is -2.38. The second kappa shape index (κ2) is 3.81. The van der Waals surface area contributed by atoms with Crippen LogP contribution in [0.25, 0.3) is 11.2 Å². The summed E-state index contributed by atoms with van der Waals surface area (Å²) in [6, 6.07) is 0. The number of imidazole rings is 1. The fourth-order valence-corrected chi connectivity index (χ4v) is 2.07. The topological polar surface area (TPSA) is 110 Å². The standard InChI is InChI=1S/C11H14N4O4/c1-5-12-7-6(8(16)13-10(19)14(7)4)15(5)11(2,3)9(17)18/h1-4H3,(H,17,18)(H,13,16,19). The predicted octanol–water partition coefficient (Wildman–Crippen LogP) is -0.449. The van der Waals surface area contributed by atoms with Gasteiger partial charge in [-0.15, -0.1) is 0 Å². The van der Waals surface area contributed by atoms with Crippen molar-refractivity contribution >= 4 is 17.1 Å². The second-order valence-corrected chi connectivity index (χ2v) is 4.85. The lowest BCUT2D eigenvalue weighted by Gasteiger charge is -2.23. The SMILES string of the molecule is Cc1nc2c(c(=O)[nH]c(=O)n2C)n1C(C)(C)C(=O)O. The summed E-state index contributed by atoms with van der Waals surface area (Å²) in [7, 11) is 1.46. The summed E-state index contributed by atoms with van der Waals surface area (Å²) in [5, 5.41) is 9.28. The van der Waals surface area contributed by atoms with Crippen LogP contribution in [0.4, 0.5) is 0 Å². The van der Waals surface area contributed by atoms with E-state index in [9.17, 15) is 19.5 Å². The van der Waals surface area contributed by atoms with Crippen LogP contribution in [-0.2, 0) is 17.4 Å². The van der Waals surface area contributed by atoms with E-state index >= 15 is 0 Å². The molecule has 2 aromatic heterocycles. The number of H-pyrrole nitrogens is 1. The second-order valence-electron chi connectivity index (χ2n) is 4.85. The van der Waals surface area contributed by atoms with E-state index in [1.807, 2.05) is 0 Å². The van der Waals surface area contributed by atoms with E-state index < -0.39 is 22.8 Å². The fraction of sp³-hybridized carbons (Fsp3) is 0.455. The lowest BCUT2D eigenvalue weighted by molar-refractivity contribution is -0.145. The highest BCUT2D eigenvalue weighted by atomic mass is 16.4. The summed E-state index contributed by atoms with van der Waals surface area (Å²) in [4.78, 5) is 41.1. The smallest absolute Gasteiger partial charge is 0.329 e. The van der Waals surface area contributed by atoms with Gasteiger partial charge < -0.3 is 9.67 Å². The molecule has 0 aliphatic heterocycles. The molecule has 8 heteroatoms. The molecule has 2 aromatic rings. The number of hydrogen-bond donors (Lipinski definition) is 2. The number of nitrogens with one attached hydrogen (secondary N) is 1. The van der Waals surface area contributed by atoms with Crippen molar-refractivity contribution in [3.8, 4) is 0 Å². The summed E-state index contributed by atoms with van der Waals surface area (Å²) in [6.07, 6.45) is 0. The molecule has 0 bridgehead atoms. The molecule has 0 aliphatic carbocycles. The maximum atomic E-state index is 11.9. The third-order valence-electron chi connectivity index (χ3n) is 3.17. The van der Waals surface area contributed by atoms with Crippen molar-refractivity contribution in [3.63, 3.8) is 0 Å². The number of carboxylic acid groups (broad SMARTS) is 1. The van der Waals surface area contributed by atoms with Crippen molar-refractivity contribution in [2.45, 2.75) is 26.3 Å². The Labute approximate surface area is 107 Å². The average molecular weight is 266 g/mol. The summed E-state index contributed by atoms with van der Waals surface area (Å²) < 4.78 is 2.50. The molecule has 0 unspecified atom stereocenters. The number of rotatable bonds is 2. The minimum absolute atomic E-state index is 0.0759. The molecule has 0 saturated carbocycles. The van der Waals surface area contributed by atoms with Crippen LogP contribution in [0.3, 0.4) is 0 Å². The van der Waals surface area contributed by atoms with Gasteiger partial charge in [-0.25, -0.2) is 14.6 Å². The van der Waals surface area contributed by atoms with Crippen LogP contribution < -0.4 is 11.2 Å². The van der Waals surface area contributed by atoms with Gasteiger partial charge in [0.05, 0.1) is 0 Å². The van der Waals surface area contributed by atoms with Crippen LogP contribution >= 0.6 is 0 Å². The highest BCUT2D eigenvalue weighted by molar-refractivity contribution is 5.80. The normalized spacial score (nSPS) is 12.0. The van der Waals surface area contributed by atoms with Crippen molar-refractivity contribution in [1.29, 1.82) is 0 Å². The van der Waals surface area contributed by atoms with E-state index in [0.29, 0.717) is 5.82 Å². The van der Waals surface area contributed by atoms with Crippen molar-refractivity contribution in [2.24, 2.45) is 7.05 Å². The molecule has 0 amide bonds. The van der Waals surface area contributed by atoms with E-state index in [0.717, 1.165) is 0 Å². The van der Waals surface area contributed by atoms with Crippen LogP contribution in [0.1, 0.15) is 19.7 Å². The van der Waals surface area contributed by atoms with Gasteiger partial charge in [0.15, 0.2) is 11.2 Å². The first-order chi connectivity index (χ1) is 8.67. The van der Waals surface area contributed by atoms with Crippen molar-refractivity contribution in [3.05, 3.63) is 26.7 Å². The van der Waals surface area contributed by atoms with Gasteiger partial charge in [-0.3, -0.25) is 14.3 Å². The molecule has 0 aromatic carbocycles. The summed E-state index contributed by atoms with van der Waals surface area (Å²) in [5.74, 6) is -0.739. The first kappa shape index (κ1) is 13.1. The molecule has 19 heavy (non-hydrogen) atoms. The van der Waals surface area contributed by atoms with Gasteiger partial charge in [-0.2, -0.15) is 0 Å². The number of fused-ring (bicyclic) bond motifs is 1. The molecule has 0 aliphatic rings. The predicted molar refractivity (Wildman–Crippen MR) is 67.3 cm³/mol. The molecule has 102 valence electrons. The molecular formula is C11H14N4O4. The Morgan fingerprint density at radius 3 is 2.47 bits per heavy atom. The van der Waals surface area contributed by atoms with Crippen LogP contribution in [0, 0.1) is 6.92 Å². The van der Waals surface area contributed by atoms with Gasteiger partial charge in [-0.1, -0.05) is 0 Å². The molecule has 8 nitrogen and oxygen atoms in total. The van der Waals surface area contributed by atoms with Crippen LogP contribution in [0.5, 0.6) is 0 Å². The Bertz CT molecular complexity index is 793. The van der Waals surface area contributed by atoms with Crippen LogP contribution in [-0.4, -0.2) is 30.2 Å². The van der Waals surface area contributed by atoms with Crippen LogP contribution in [0.2, 0.25) is 0 Å². The van der Waals surface area contributed by atoms with Crippen molar-refractivity contribution < 1.29 is 9.90 Å². The number of aryl methyl sites for hydroxylation is 2. The number of aromatic nitrogens is 4. The van der Waals surface area contributed by atoms with E-state index in [1.54, 1.807) is 6.92 Å². The highest BCUT2D eigenvalue weighted by Gasteiger charge is 2.34. The average Bonchev–Trinajstić information content (AvgIpc) is 2.64. The molecule has 0 saturated heterocycles. The molecule has 2 heterocycles. The number of hydrogen-bond acceptors (Lipinski definition) is 4. The summed E-state index contributed by atoms with van der Waals surface area (Å²) in [6.45, 7) is 4.52. The van der Waals surface area contributed by atoms with Gasteiger partial charge in [0, 0.05) is 7.05 Å². The first-order valence-electron chi connectivity index (χ1n) is 5.60. The Morgan fingerprint density at radius 2 is 1.95 bits per heavy atom. The Kier molecular flexibility index (Phi) is 2.62. The third kappa shape index (κ3) is 1.67. The van der Waals surface area contributed by atoms with Gasteiger partial charge in [0.2, 0.25) is 0 Å². The van der Waals surface area contributed by atoms with E-state index in [4.69, 9.17) is 0 Å². The van der Waals surface area contributed by atoms with Gasteiger partial charge >= 0.3 is 11.7 Å². The van der Waals surface area contributed by atoms with Crippen molar-refractivity contribution in [1.82, 2.24) is 19.1 Å². The molecule has 0 radical (unpaired) electrons. The number of carbonyl (C=O) groups is 1. The zero-order valence-electron chi connectivity index (χ0n) is 11.0. The maximum Gasteiger partial charge on any atom is 0.329 e. The zero-order chi connectivity index (χ0) is 14.5. The van der Waals surface area contributed by atoms with E-state index in [2.05, 4.69) is 9.97 Å². The largest absolute Gasteiger partial charge is 0.480 e. The number of nitrogens with zero attached hydrogens (tertiary/aromatic N) is 3. The summed E-state index contributed by atoms with van der Waals surface area (Å²) >= 11 is 0. The molecule has 0 atom stereocenters. The quantitative estimate of drug-likeness (QED) is 0.765. The molecule has 2 rings (SSSR count). The Hall–Kier alpha value is -2.38. The third-order valence-corrected chi connectivity index (χ3v) is 3.17. The van der Waals surface area contributed by atoms with Gasteiger partial charge in [-0.05, 0) is 20.8 Å². The number of aromatic amines is 1. The van der Waals surface area contributed by atoms with Crippen molar-refractivity contribution in [2.75, 3.05) is 0 Å². The lowest BCUT2D eigenvalue weighted by atomic mass is 10.1. The molecule has 0 spiro atoms. The molecule has 2 N–H and O–H groups in total. The molecule has 0 fully saturated rings. The van der Waals surface area contributed by atoms with E-state index in [-0.39, 0.29) is 11.2 Å². The first-order valence-corrected chi connectivity index (χ1v) is 5.60. The highest BCUT2D eigenvalue weighted by Crippen LogP contribution is 2.22. The zero-order valence-corrected chi connectivity index (χ0v) is 11.0. The maximum absolute atomic E-state index is 11.9. The van der Waals surface area contributed by atoms with E-state index in [1.165, 1.54) is 30.0 Å². The van der Waals surface area contributed by atoms with Crippen LogP contribution in [0.15, 0.2) is 9.59 Å². The minimum atomic E-state index is -1.34. The summed E-state index contributed by atoms with van der Waals surface area (Å²) in [5.41, 5.74) is -2.33. The fourth-order valence-electron chi connectivity index (χ4n) is 2.07. The molecular weight excluding hydrogens is 252 g/mol.